The molecular weight excluding hydrogens is 302 g/mol. The Labute approximate surface area is 123 Å². The smallest absolute Gasteiger partial charge is 0.0431 e. The summed E-state index contributed by atoms with van der Waals surface area (Å²) >= 11 is 3.49. The number of hydrogen-bond donors (Lipinski definition) is 2. The number of aliphatic hydroxyl groups is 1. The molecule has 2 N–H and O–H groups in total. The van der Waals surface area contributed by atoms with E-state index in [0.29, 0.717) is 6.61 Å². The lowest BCUT2D eigenvalue weighted by molar-refractivity contribution is 0.283. The van der Waals surface area contributed by atoms with Gasteiger partial charge in [-0.1, -0.05) is 40.9 Å². The SMILES string of the molecule is OCCCCCCNc1ccc2cc(Br)ccc2c1. The van der Waals surface area contributed by atoms with E-state index in [9.17, 15) is 0 Å². The quantitative estimate of drug-likeness (QED) is 0.732. The van der Waals surface area contributed by atoms with E-state index >= 15 is 0 Å². The molecule has 0 saturated heterocycles. The van der Waals surface area contributed by atoms with E-state index in [-0.39, 0.29) is 0 Å². The van der Waals surface area contributed by atoms with Gasteiger partial charge in [-0.05, 0) is 47.9 Å². The number of anilines is 1. The minimum absolute atomic E-state index is 0.313. The summed E-state index contributed by atoms with van der Waals surface area (Å²) in [6.45, 7) is 1.31. The van der Waals surface area contributed by atoms with Crippen molar-refractivity contribution in [1.29, 1.82) is 0 Å². The van der Waals surface area contributed by atoms with Crippen LogP contribution in [0.4, 0.5) is 5.69 Å². The first kappa shape index (κ1) is 14.4. The largest absolute Gasteiger partial charge is 0.396 e. The van der Waals surface area contributed by atoms with Crippen molar-refractivity contribution in [3.63, 3.8) is 0 Å². The van der Waals surface area contributed by atoms with Crippen molar-refractivity contribution < 1.29 is 5.11 Å². The van der Waals surface area contributed by atoms with Gasteiger partial charge in [0.2, 0.25) is 0 Å². The normalized spacial score (nSPS) is 10.8. The van der Waals surface area contributed by atoms with Gasteiger partial charge < -0.3 is 10.4 Å². The number of nitrogens with one attached hydrogen (secondary N) is 1. The van der Waals surface area contributed by atoms with Crippen LogP contribution in [0.1, 0.15) is 25.7 Å². The molecule has 2 aromatic carbocycles. The van der Waals surface area contributed by atoms with Crippen molar-refractivity contribution >= 4 is 32.4 Å². The number of unbranched alkanes of at least 4 members (excludes halogenated alkanes) is 3. The van der Waals surface area contributed by atoms with Crippen molar-refractivity contribution in [2.75, 3.05) is 18.5 Å². The van der Waals surface area contributed by atoms with Gasteiger partial charge in [0, 0.05) is 23.3 Å². The van der Waals surface area contributed by atoms with Crippen LogP contribution in [0.2, 0.25) is 0 Å². The predicted octanol–water partition coefficient (Wildman–Crippen LogP) is 4.57. The molecule has 0 aliphatic rings. The number of fused-ring (bicyclic) bond motifs is 1. The van der Waals surface area contributed by atoms with Gasteiger partial charge in [-0.15, -0.1) is 0 Å². The van der Waals surface area contributed by atoms with Gasteiger partial charge in [0.1, 0.15) is 0 Å². The number of halogens is 1. The van der Waals surface area contributed by atoms with Crippen LogP contribution in [0.3, 0.4) is 0 Å². The highest BCUT2D eigenvalue weighted by Crippen LogP contribution is 2.22. The molecule has 0 spiro atoms. The molecule has 0 heterocycles. The maximum atomic E-state index is 8.70. The van der Waals surface area contributed by atoms with Crippen LogP contribution in [0, 0.1) is 0 Å². The zero-order valence-corrected chi connectivity index (χ0v) is 12.6. The molecule has 0 saturated carbocycles. The Hall–Kier alpha value is -1.06. The van der Waals surface area contributed by atoms with E-state index in [1.165, 1.54) is 22.9 Å². The number of hydrogen-bond acceptors (Lipinski definition) is 2. The van der Waals surface area contributed by atoms with Crippen LogP contribution in [0.5, 0.6) is 0 Å². The Bertz CT molecular complexity index is 527. The Kier molecular flexibility index (Phi) is 5.67. The van der Waals surface area contributed by atoms with Gasteiger partial charge >= 0.3 is 0 Å². The van der Waals surface area contributed by atoms with Crippen LogP contribution in [-0.4, -0.2) is 18.3 Å². The zero-order chi connectivity index (χ0) is 13.5. The van der Waals surface area contributed by atoms with Crippen LogP contribution in [-0.2, 0) is 0 Å². The molecule has 0 unspecified atom stereocenters. The first-order valence-electron chi connectivity index (χ1n) is 6.83. The third-order valence-electron chi connectivity index (χ3n) is 3.22. The molecule has 0 aliphatic heterocycles. The van der Waals surface area contributed by atoms with Crippen LogP contribution >= 0.6 is 15.9 Å². The lowest BCUT2D eigenvalue weighted by Crippen LogP contribution is -2.01. The number of rotatable bonds is 7. The van der Waals surface area contributed by atoms with Crippen LogP contribution in [0.25, 0.3) is 10.8 Å². The van der Waals surface area contributed by atoms with Crippen LogP contribution < -0.4 is 5.32 Å². The fourth-order valence-corrected chi connectivity index (χ4v) is 2.53. The second-order valence-electron chi connectivity index (χ2n) is 4.77. The minimum Gasteiger partial charge on any atom is -0.396 e. The van der Waals surface area contributed by atoms with E-state index in [0.717, 1.165) is 30.3 Å². The molecule has 2 nitrogen and oxygen atoms in total. The van der Waals surface area contributed by atoms with Crippen molar-refractivity contribution in [2.45, 2.75) is 25.7 Å². The third kappa shape index (κ3) is 4.51. The molecule has 0 aliphatic carbocycles. The second kappa shape index (κ2) is 7.51. The molecule has 3 heteroatoms. The molecule has 2 aromatic rings. The first-order chi connectivity index (χ1) is 9.29. The summed E-state index contributed by atoms with van der Waals surface area (Å²) in [4.78, 5) is 0. The molecule has 0 bridgehead atoms. The Balaban J connectivity index is 1.86. The van der Waals surface area contributed by atoms with E-state index in [2.05, 4.69) is 57.6 Å². The summed E-state index contributed by atoms with van der Waals surface area (Å²) in [5, 5.41) is 14.7. The number of aliphatic hydroxyl groups excluding tert-OH is 1. The molecule has 0 atom stereocenters. The maximum absolute atomic E-state index is 8.70. The minimum atomic E-state index is 0.313. The van der Waals surface area contributed by atoms with Crippen molar-refractivity contribution in [1.82, 2.24) is 0 Å². The molecule has 2 rings (SSSR count). The number of benzene rings is 2. The molecule has 19 heavy (non-hydrogen) atoms. The molecule has 0 fully saturated rings. The van der Waals surface area contributed by atoms with E-state index in [1.807, 2.05) is 0 Å². The van der Waals surface area contributed by atoms with E-state index in [4.69, 9.17) is 5.11 Å². The molecular formula is C16H20BrNO. The Morgan fingerprint density at radius 1 is 0.895 bits per heavy atom. The van der Waals surface area contributed by atoms with Crippen molar-refractivity contribution in [3.05, 3.63) is 40.9 Å². The molecule has 0 amide bonds. The maximum Gasteiger partial charge on any atom is 0.0431 e. The van der Waals surface area contributed by atoms with E-state index in [1.54, 1.807) is 0 Å². The average Bonchev–Trinajstić information content (AvgIpc) is 2.43. The van der Waals surface area contributed by atoms with Crippen molar-refractivity contribution in [3.8, 4) is 0 Å². The average molecular weight is 322 g/mol. The zero-order valence-electron chi connectivity index (χ0n) is 11.0. The first-order valence-corrected chi connectivity index (χ1v) is 7.63. The van der Waals surface area contributed by atoms with Crippen molar-refractivity contribution in [2.24, 2.45) is 0 Å². The summed E-state index contributed by atoms with van der Waals surface area (Å²) in [6, 6.07) is 12.8. The van der Waals surface area contributed by atoms with Gasteiger partial charge in [0.05, 0.1) is 0 Å². The summed E-state index contributed by atoms with van der Waals surface area (Å²) in [7, 11) is 0. The van der Waals surface area contributed by atoms with Gasteiger partial charge in [0.15, 0.2) is 0 Å². The van der Waals surface area contributed by atoms with Gasteiger partial charge in [-0.3, -0.25) is 0 Å². The Morgan fingerprint density at radius 2 is 1.63 bits per heavy atom. The fourth-order valence-electron chi connectivity index (χ4n) is 2.15. The molecule has 0 radical (unpaired) electrons. The molecule has 102 valence electrons. The standard InChI is InChI=1S/C16H20BrNO/c17-15-7-5-14-12-16(8-6-13(14)11-15)18-9-3-1-2-4-10-19/h5-8,11-12,18-19H,1-4,9-10H2. The monoisotopic (exact) mass is 321 g/mol. The highest BCUT2D eigenvalue weighted by atomic mass is 79.9. The third-order valence-corrected chi connectivity index (χ3v) is 3.71. The van der Waals surface area contributed by atoms with Gasteiger partial charge in [-0.25, -0.2) is 0 Å². The summed E-state index contributed by atoms with van der Waals surface area (Å²) in [6.07, 6.45) is 4.36. The topological polar surface area (TPSA) is 32.3 Å². The lowest BCUT2D eigenvalue weighted by atomic mass is 10.1. The highest BCUT2D eigenvalue weighted by molar-refractivity contribution is 9.10. The predicted molar refractivity (Wildman–Crippen MR) is 85.7 cm³/mol. The van der Waals surface area contributed by atoms with Gasteiger partial charge in [-0.2, -0.15) is 0 Å². The molecule has 0 aromatic heterocycles. The highest BCUT2D eigenvalue weighted by Gasteiger charge is 1.97. The summed E-state index contributed by atoms with van der Waals surface area (Å²) in [5.41, 5.74) is 1.18. The van der Waals surface area contributed by atoms with Crippen LogP contribution in [0.15, 0.2) is 40.9 Å². The second-order valence-corrected chi connectivity index (χ2v) is 5.69. The Morgan fingerprint density at radius 3 is 2.47 bits per heavy atom. The summed E-state index contributed by atoms with van der Waals surface area (Å²) < 4.78 is 1.12. The van der Waals surface area contributed by atoms with E-state index < -0.39 is 0 Å². The fraction of sp³-hybridized carbons (Fsp3) is 0.375. The lowest BCUT2D eigenvalue weighted by Gasteiger charge is -2.08. The summed E-state index contributed by atoms with van der Waals surface area (Å²) in [5.74, 6) is 0. The van der Waals surface area contributed by atoms with Gasteiger partial charge in [0.25, 0.3) is 0 Å².